The topological polar surface area (TPSA) is 107 Å². The fraction of sp³-hybridized carbons (Fsp3) is 0.364. The van der Waals surface area contributed by atoms with Gasteiger partial charge in [-0.15, -0.1) is 0 Å². The SMILES string of the molecule is CCCS(=O)(=O)O/N=C(\c1ccc(OCCCOc2ccc(/C(=N/O)C(F)(F)F)cc2)cc1)C(F)(F)F. The zero-order chi connectivity index (χ0) is 27.7. The lowest BCUT2D eigenvalue weighted by molar-refractivity contribution is -0.0608. The molecule has 0 fully saturated rings. The summed E-state index contributed by atoms with van der Waals surface area (Å²) in [6.07, 6.45) is -9.32. The predicted molar refractivity (Wildman–Crippen MR) is 121 cm³/mol. The second kappa shape index (κ2) is 12.7. The molecule has 0 bridgehead atoms. The van der Waals surface area contributed by atoms with Crippen molar-refractivity contribution in [3.63, 3.8) is 0 Å². The second-order valence-corrected chi connectivity index (χ2v) is 8.99. The zero-order valence-corrected chi connectivity index (χ0v) is 20.0. The summed E-state index contributed by atoms with van der Waals surface area (Å²) >= 11 is 0. The van der Waals surface area contributed by atoms with Crippen molar-refractivity contribution in [1.82, 2.24) is 0 Å². The molecule has 2 rings (SSSR count). The summed E-state index contributed by atoms with van der Waals surface area (Å²) in [7, 11) is -4.24. The van der Waals surface area contributed by atoms with Gasteiger partial charge in [0.2, 0.25) is 0 Å². The summed E-state index contributed by atoms with van der Waals surface area (Å²) in [5.41, 5.74) is -3.74. The molecule has 2 aromatic carbocycles. The molecule has 0 atom stereocenters. The van der Waals surface area contributed by atoms with E-state index in [-0.39, 0.29) is 36.7 Å². The molecule has 0 amide bonds. The smallest absolute Gasteiger partial charge is 0.437 e. The standard InChI is InChI=1S/C22H22F6N2O6S/c1-2-14-37(32,33)36-30-20(22(26,27)28)16-6-10-18(11-7-16)35-13-3-12-34-17-8-4-15(5-9-17)19(29-31)21(23,24)25/h4-11,31H,2-3,12-14H2,1H3/b29-19-,30-20+. The Morgan fingerprint density at radius 2 is 1.24 bits per heavy atom. The first-order valence-corrected chi connectivity index (χ1v) is 12.2. The maximum atomic E-state index is 13.3. The second-order valence-electron chi connectivity index (χ2n) is 7.32. The van der Waals surface area contributed by atoms with E-state index >= 15 is 0 Å². The van der Waals surface area contributed by atoms with Gasteiger partial charge in [-0.3, -0.25) is 4.28 Å². The Labute approximate surface area is 208 Å². The van der Waals surface area contributed by atoms with Crippen molar-refractivity contribution >= 4 is 21.5 Å². The van der Waals surface area contributed by atoms with Gasteiger partial charge < -0.3 is 14.7 Å². The molecule has 0 saturated carbocycles. The van der Waals surface area contributed by atoms with Gasteiger partial charge in [-0.2, -0.15) is 34.8 Å². The minimum atomic E-state index is -4.97. The molecule has 204 valence electrons. The molecule has 0 heterocycles. The van der Waals surface area contributed by atoms with Crippen molar-refractivity contribution in [3.8, 4) is 11.5 Å². The predicted octanol–water partition coefficient (Wildman–Crippen LogP) is 5.30. The Morgan fingerprint density at radius 3 is 1.62 bits per heavy atom. The van der Waals surface area contributed by atoms with E-state index in [2.05, 4.69) is 14.6 Å². The number of ether oxygens (including phenoxy) is 2. The third-order valence-electron chi connectivity index (χ3n) is 4.41. The summed E-state index contributed by atoms with van der Waals surface area (Å²) in [4.78, 5) is 0. The van der Waals surface area contributed by atoms with E-state index in [1.54, 1.807) is 0 Å². The molecule has 15 heteroatoms. The van der Waals surface area contributed by atoms with Gasteiger partial charge in [-0.05, 0) is 55.0 Å². The van der Waals surface area contributed by atoms with Crippen molar-refractivity contribution < 1.29 is 53.7 Å². The lowest BCUT2D eigenvalue weighted by Crippen LogP contribution is -2.25. The Hall–Kier alpha value is -3.49. The molecule has 2 aromatic rings. The van der Waals surface area contributed by atoms with E-state index in [0.29, 0.717) is 6.42 Å². The van der Waals surface area contributed by atoms with Gasteiger partial charge in [0, 0.05) is 17.5 Å². The van der Waals surface area contributed by atoms with E-state index in [4.69, 9.17) is 14.7 Å². The Bertz CT molecular complexity index is 1180. The zero-order valence-electron chi connectivity index (χ0n) is 19.2. The molecule has 8 nitrogen and oxygen atoms in total. The highest BCUT2D eigenvalue weighted by atomic mass is 32.2. The van der Waals surface area contributed by atoms with Crippen LogP contribution in [0.2, 0.25) is 0 Å². The number of alkyl halides is 6. The number of oxime groups is 2. The van der Waals surface area contributed by atoms with E-state index in [9.17, 15) is 34.8 Å². The average molecular weight is 556 g/mol. The van der Waals surface area contributed by atoms with Crippen LogP contribution in [0.1, 0.15) is 30.9 Å². The summed E-state index contributed by atoms with van der Waals surface area (Å²) < 4.78 is 116. The maximum Gasteiger partial charge on any atom is 0.437 e. The molecular formula is C22H22F6N2O6S. The molecular weight excluding hydrogens is 534 g/mol. The fourth-order valence-electron chi connectivity index (χ4n) is 2.78. The average Bonchev–Trinajstić information content (AvgIpc) is 2.79. The molecule has 0 spiro atoms. The van der Waals surface area contributed by atoms with Crippen LogP contribution in [0.4, 0.5) is 26.3 Å². The van der Waals surface area contributed by atoms with Crippen molar-refractivity contribution in [2.24, 2.45) is 10.3 Å². The largest absolute Gasteiger partial charge is 0.493 e. The maximum absolute atomic E-state index is 13.3. The van der Waals surface area contributed by atoms with Crippen LogP contribution in [0.3, 0.4) is 0 Å². The van der Waals surface area contributed by atoms with Crippen molar-refractivity contribution in [2.75, 3.05) is 19.0 Å². The summed E-state index contributed by atoms with van der Waals surface area (Å²) in [5.74, 6) is -0.00661. The lowest BCUT2D eigenvalue weighted by atomic mass is 10.1. The molecule has 1 N–H and O–H groups in total. The molecule has 37 heavy (non-hydrogen) atoms. The van der Waals surface area contributed by atoms with E-state index < -0.39 is 45.2 Å². The molecule has 0 saturated heterocycles. The number of nitrogens with zero attached hydrogens (tertiary/aromatic N) is 2. The molecule has 0 radical (unpaired) electrons. The van der Waals surface area contributed by atoms with Gasteiger partial charge in [-0.1, -0.05) is 17.2 Å². The number of benzene rings is 2. The van der Waals surface area contributed by atoms with Crippen LogP contribution in [0.5, 0.6) is 11.5 Å². The van der Waals surface area contributed by atoms with Crippen LogP contribution in [-0.2, 0) is 14.4 Å². The highest BCUT2D eigenvalue weighted by molar-refractivity contribution is 7.86. The number of hydrogen-bond donors (Lipinski definition) is 1. The Morgan fingerprint density at radius 1 is 0.811 bits per heavy atom. The minimum absolute atomic E-state index is 0.103. The Kier molecular flexibility index (Phi) is 10.2. The number of hydrogen-bond acceptors (Lipinski definition) is 8. The van der Waals surface area contributed by atoms with Crippen molar-refractivity contribution in [2.45, 2.75) is 32.1 Å². The van der Waals surface area contributed by atoms with E-state index in [1.165, 1.54) is 31.2 Å². The third kappa shape index (κ3) is 9.48. The van der Waals surface area contributed by atoms with Gasteiger partial charge in [0.05, 0.1) is 19.0 Å². The Balaban J connectivity index is 1.89. The quantitative estimate of drug-likeness (QED) is 0.125. The molecule has 0 aliphatic carbocycles. The first-order valence-electron chi connectivity index (χ1n) is 10.6. The van der Waals surface area contributed by atoms with Gasteiger partial charge in [0.1, 0.15) is 11.5 Å². The summed E-state index contributed by atoms with van der Waals surface area (Å²) in [5, 5.41) is 13.6. The van der Waals surface area contributed by atoms with Crippen LogP contribution in [0.15, 0.2) is 58.8 Å². The highest BCUT2D eigenvalue weighted by Crippen LogP contribution is 2.26. The van der Waals surface area contributed by atoms with Crippen LogP contribution in [0, 0.1) is 0 Å². The summed E-state index contributed by atoms with van der Waals surface area (Å²) in [6.45, 7) is 1.74. The normalized spacial score (nSPS) is 13.4. The van der Waals surface area contributed by atoms with Gasteiger partial charge >= 0.3 is 22.5 Å². The van der Waals surface area contributed by atoms with Crippen molar-refractivity contribution in [3.05, 3.63) is 59.7 Å². The minimum Gasteiger partial charge on any atom is -0.493 e. The number of halogens is 6. The first-order chi connectivity index (χ1) is 17.3. The molecule has 0 aliphatic heterocycles. The lowest BCUT2D eigenvalue weighted by Gasteiger charge is -2.12. The van der Waals surface area contributed by atoms with Gasteiger partial charge in [0.25, 0.3) is 0 Å². The van der Waals surface area contributed by atoms with Gasteiger partial charge in [-0.25, -0.2) is 0 Å². The molecule has 0 aromatic heterocycles. The fourth-order valence-corrected chi connectivity index (χ4v) is 3.55. The van der Waals surface area contributed by atoms with E-state index in [0.717, 1.165) is 24.3 Å². The van der Waals surface area contributed by atoms with Crippen LogP contribution in [-0.4, -0.2) is 56.4 Å². The van der Waals surface area contributed by atoms with Crippen LogP contribution in [0.25, 0.3) is 0 Å². The van der Waals surface area contributed by atoms with Crippen LogP contribution < -0.4 is 9.47 Å². The molecule has 0 aliphatic rings. The molecule has 0 unspecified atom stereocenters. The summed E-state index contributed by atoms with van der Waals surface area (Å²) in [6, 6.07) is 9.25. The monoisotopic (exact) mass is 556 g/mol. The van der Waals surface area contributed by atoms with Gasteiger partial charge in [0.15, 0.2) is 11.4 Å². The number of rotatable bonds is 12. The highest BCUT2D eigenvalue weighted by Gasteiger charge is 2.39. The first kappa shape index (κ1) is 29.7. The van der Waals surface area contributed by atoms with Crippen molar-refractivity contribution in [1.29, 1.82) is 0 Å². The van der Waals surface area contributed by atoms with Crippen LogP contribution >= 0.6 is 0 Å². The van der Waals surface area contributed by atoms with E-state index in [1.807, 2.05) is 0 Å². The third-order valence-corrected chi connectivity index (χ3v) is 5.62.